The van der Waals surface area contributed by atoms with E-state index in [1.807, 2.05) is 32.8 Å². The van der Waals surface area contributed by atoms with Gasteiger partial charge in [-0.25, -0.2) is 4.39 Å². The molecule has 0 radical (unpaired) electrons. The lowest BCUT2D eigenvalue weighted by Gasteiger charge is -2.41. The van der Waals surface area contributed by atoms with Gasteiger partial charge in [-0.15, -0.1) is 0 Å². The summed E-state index contributed by atoms with van der Waals surface area (Å²) in [6.07, 6.45) is 0. The Morgan fingerprint density at radius 3 is 2.76 bits per heavy atom. The summed E-state index contributed by atoms with van der Waals surface area (Å²) in [5, 5.41) is 25.0. The van der Waals surface area contributed by atoms with Gasteiger partial charge in [-0.1, -0.05) is 17.7 Å². The summed E-state index contributed by atoms with van der Waals surface area (Å²) in [7, 11) is 3.79. The zero-order valence-electron chi connectivity index (χ0n) is 21.2. The summed E-state index contributed by atoms with van der Waals surface area (Å²) in [6.45, 7) is 5.95. The van der Waals surface area contributed by atoms with Crippen LogP contribution in [0.4, 0.5) is 10.1 Å². The van der Waals surface area contributed by atoms with Crippen LogP contribution < -0.4 is 20.5 Å². The van der Waals surface area contributed by atoms with E-state index in [0.717, 1.165) is 0 Å². The van der Waals surface area contributed by atoms with Crippen molar-refractivity contribution in [3.8, 4) is 28.7 Å². The van der Waals surface area contributed by atoms with Crippen molar-refractivity contribution in [2.24, 2.45) is 0 Å². The number of hydrogen-bond acceptors (Lipinski definition) is 7. The number of phenols is 1. The molecule has 194 valence electrons. The lowest BCUT2D eigenvalue weighted by molar-refractivity contribution is 0.199. The molecule has 1 aromatic heterocycles. The Morgan fingerprint density at radius 1 is 1.32 bits per heavy atom. The zero-order chi connectivity index (χ0) is 26.6. The van der Waals surface area contributed by atoms with Crippen LogP contribution in [0.3, 0.4) is 0 Å². The van der Waals surface area contributed by atoms with Crippen LogP contribution in [0.15, 0.2) is 29.1 Å². The van der Waals surface area contributed by atoms with E-state index < -0.39 is 11.4 Å². The molecule has 3 atom stereocenters. The van der Waals surface area contributed by atoms with Crippen LogP contribution >= 0.6 is 11.6 Å². The summed E-state index contributed by atoms with van der Waals surface area (Å²) >= 11 is 6.81. The third kappa shape index (κ3) is 4.09. The molecule has 1 fully saturated rings. The van der Waals surface area contributed by atoms with Crippen molar-refractivity contribution in [2.75, 3.05) is 45.2 Å². The van der Waals surface area contributed by atoms with Gasteiger partial charge in [-0.05, 0) is 46.1 Å². The highest BCUT2D eigenvalue weighted by Gasteiger charge is 2.36. The third-order valence-corrected chi connectivity index (χ3v) is 7.44. The number of halogens is 2. The average Bonchev–Trinajstić information content (AvgIpc) is 2.84. The second-order valence-electron chi connectivity index (χ2n) is 10.1. The summed E-state index contributed by atoms with van der Waals surface area (Å²) in [5.74, 6) is -0.732. The molecule has 2 N–H and O–H groups in total. The third-order valence-electron chi connectivity index (χ3n) is 7.14. The van der Waals surface area contributed by atoms with E-state index in [2.05, 4.69) is 16.3 Å². The Balaban J connectivity index is 1.94. The van der Waals surface area contributed by atoms with Crippen molar-refractivity contribution < 1.29 is 14.2 Å². The predicted octanol–water partition coefficient (Wildman–Crippen LogP) is 3.72. The van der Waals surface area contributed by atoms with E-state index in [-0.39, 0.29) is 57.9 Å². The maximum atomic E-state index is 15.1. The van der Waals surface area contributed by atoms with E-state index in [4.69, 9.17) is 16.3 Å². The molecule has 0 amide bonds. The molecule has 8 nitrogen and oxygen atoms in total. The number of aromatic nitrogens is 1. The number of likely N-dealkylation sites (N-methyl/N-ethyl adjacent to an activating group) is 1. The van der Waals surface area contributed by atoms with Gasteiger partial charge in [-0.2, -0.15) is 5.26 Å². The molecule has 0 spiro atoms. The normalized spacial score (nSPS) is 21.2. The zero-order valence-corrected chi connectivity index (χ0v) is 21.9. The molecular formula is C27H29ClFN5O3. The number of nitrogens with zero attached hydrogens (tertiary/aromatic N) is 4. The smallest absolute Gasteiger partial charge is 0.271 e. The van der Waals surface area contributed by atoms with Crippen LogP contribution in [0.2, 0.25) is 5.02 Å². The monoisotopic (exact) mass is 525 g/mol. The molecule has 0 bridgehead atoms. The first-order valence-electron chi connectivity index (χ1n) is 12.2. The Bertz CT molecular complexity index is 1480. The first kappa shape index (κ1) is 25.3. The first-order chi connectivity index (χ1) is 17.6. The minimum absolute atomic E-state index is 0.000644. The summed E-state index contributed by atoms with van der Waals surface area (Å²) in [4.78, 5) is 18.0. The first-order valence-corrected chi connectivity index (χ1v) is 12.6. The number of benzene rings is 2. The van der Waals surface area contributed by atoms with E-state index in [1.54, 1.807) is 10.6 Å². The quantitative estimate of drug-likeness (QED) is 0.536. The van der Waals surface area contributed by atoms with Crippen LogP contribution in [0.5, 0.6) is 11.5 Å². The fourth-order valence-electron chi connectivity index (χ4n) is 5.52. The highest BCUT2D eigenvalue weighted by atomic mass is 35.5. The number of nitrogens with one attached hydrogen (secondary N) is 1. The standard InChI is InChI=1S/C27H29ClFN5O3/c1-14-11-33(15(2)10-31-14)24-17-8-19(28)22(23-20(29)6-5-7-21(23)35)26-25(17)34(27(36)18(24)9-30)16(13-37-26)12-32(3)4/h5-8,14-16,31,35H,10-13H2,1-4H3/t14-,15+,16+/m1/s1. The molecule has 0 saturated carbocycles. The summed E-state index contributed by atoms with van der Waals surface area (Å²) in [6, 6.07) is 7.60. The highest BCUT2D eigenvalue weighted by molar-refractivity contribution is 6.35. The van der Waals surface area contributed by atoms with Gasteiger partial charge in [0.25, 0.3) is 5.56 Å². The van der Waals surface area contributed by atoms with Gasteiger partial charge in [0.1, 0.15) is 29.8 Å². The molecule has 2 aliphatic rings. The van der Waals surface area contributed by atoms with E-state index in [1.165, 1.54) is 18.2 Å². The van der Waals surface area contributed by atoms with Crippen molar-refractivity contribution in [3.05, 3.63) is 51.0 Å². The SMILES string of the molecule is C[C@@H]1CN(c2c(C#N)c(=O)n3c4c(c(-c5c(O)cccc5F)c(Cl)cc24)OC[C@@H]3CN(C)C)[C@@H](C)CN1. The van der Waals surface area contributed by atoms with Gasteiger partial charge in [0.2, 0.25) is 0 Å². The number of piperazine rings is 1. The number of rotatable bonds is 4. The van der Waals surface area contributed by atoms with Crippen molar-refractivity contribution >= 4 is 28.2 Å². The van der Waals surface area contributed by atoms with Gasteiger partial charge >= 0.3 is 0 Å². The van der Waals surface area contributed by atoms with Crippen LogP contribution in [0.25, 0.3) is 22.0 Å². The van der Waals surface area contributed by atoms with E-state index >= 15 is 4.39 Å². The molecule has 0 unspecified atom stereocenters. The molecule has 5 rings (SSSR count). The fraction of sp³-hybridized carbons (Fsp3) is 0.407. The van der Waals surface area contributed by atoms with Gasteiger partial charge < -0.3 is 25.0 Å². The topological polar surface area (TPSA) is 93.8 Å². The average molecular weight is 526 g/mol. The van der Waals surface area contributed by atoms with Gasteiger partial charge in [0.15, 0.2) is 5.75 Å². The Hall–Kier alpha value is -3.32. The van der Waals surface area contributed by atoms with E-state index in [0.29, 0.717) is 36.2 Å². The molecular weight excluding hydrogens is 497 g/mol. The molecule has 0 aliphatic carbocycles. The maximum absolute atomic E-state index is 15.1. The summed E-state index contributed by atoms with van der Waals surface area (Å²) in [5.41, 5.74) is 0.648. The number of nitriles is 1. The number of phenolic OH excluding ortho intramolecular Hbond substituents is 1. The molecule has 2 aliphatic heterocycles. The predicted molar refractivity (Wildman–Crippen MR) is 142 cm³/mol. The lowest BCUT2D eigenvalue weighted by Crippen LogP contribution is -2.55. The molecule has 10 heteroatoms. The van der Waals surface area contributed by atoms with Crippen LogP contribution in [-0.2, 0) is 0 Å². The van der Waals surface area contributed by atoms with Gasteiger partial charge in [0, 0.05) is 37.1 Å². The van der Waals surface area contributed by atoms with Crippen molar-refractivity contribution in [1.29, 1.82) is 5.26 Å². The van der Waals surface area contributed by atoms with Crippen molar-refractivity contribution in [1.82, 2.24) is 14.8 Å². The number of ether oxygens (including phenoxy) is 1. The Morgan fingerprint density at radius 2 is 2.08 bits per heavy atom. The lowest BCUT2D eigenvalue weighted by atomic mass is 9.96. The molecule has 3 aromatic rings. The number of anilines is 1. The van der Waals surface area contributed by atoms with Gasteiger partial charge in [-0.3, -0.25) is 9.36 Å². The van der Waals surface area contributed by atoms with Crippen molar-refractivity contribution in [2.45, 2.75) is 32.0 Å². The number of pyridine rings is 1. The molecule has 37 heavy (non-hydrogen) atoms. The van der Waals surface area contributed by atoms with Crippen LogP contribution in [0.1, 0.15) is 25.5 Å². The van der Waals surface area contributed by atoms with Crippen molar-refractivity contribution in [3.63, 3.8) is 0 Å². The van der Waals surface area contributed by atoms with E-state index in [9.17, 15) is 15.2 Å². The Labute approximate surface area is 219 Å². The minimum Gasteiger partial charge on any atom is -0.507 e. The minimum atomic E-state index is -0.663. The Kier molecular flexibility index (Phi) is 6.52. The largest absolute Gasteiger partial charge is 0.507 e. The maximum Gasteiger partial charge on any atom is 0.271 e. The molecule has 2 aromatic carbocycles. The number of aromatic hydroxyl groups is 1. The fourth-order valence-corrected chi connectivity index (χ4v) is 5.81. The second kappa shape index (κ2) is 9.53. The second-order valence-corrected chi connectivity index (χ2v) is 10.5. The molecule has 3 heterocycles. The highest BCUT2D eigenvalue weighted by Crippen LogP contribution is 2.50. The van der Waals surface area contributed by atoms with Crippen LogP contribution in [0, 0.1) is 17.1 Å². The number of hydrogen-bond donors (Lipinski definition) is 2. The summed E-state index contributed by atoms with van der Waals surface area (Å²) < 4.78 is 22.9. The van der Waals surface area contributed by atoms with Crippen LogP contribution in [-0.4, -0.2) is 67.0 Å². The van der Waals surface area contributed by atoms with Gasteiger partial charge in [0.05, 0.1) is 33.4 Å². The molecule has 1 saturated heterocycles.